The normalized spacial score (nSPS) is 19.8. The van der Waals surface area contributed by atoms with Gasteiger partial charge in [-0.15, -0.1) is 0 Å². The first-order valence-electron chi connectivity index (χ1n) is 8.67. The van der Waals surface area contributed by atoms with Crippen molar-refractivity contribution >= 4 is 17.4 Å². The number of hydrogen-bond acceptors (Lipinski definition) is 7. The van der Waals surface area contributed by atoms with Crippen LogP contribution in [0.4, 0.5) is 5.69 Å². The van der Waals surface area contributed by atoms with Gasteiger partial charge >= 0.3 is 0 Å². The summed E-state index contributed by atoms with van der Waals surface area (Å²) in [5.74, 6) is 0.424. The number of aliphatic hydroxyl groups excluding tert-OH is 1. The molecule has 26 heavy (non-hydrogen) atoms. The summed E-state index contributed by atoms with van der Waals surface area (Å²) in [5.41, 5.74) is 0.770. The van der Waals surface area contributed by atoms with Crippen LogP contribution in [-0.2, 0) is 4.79 Å². The summed E-state index contributed by atoms with van der Waals surface area (Å²) in [6, 6.07) is 5.51. The second kappa shape index (κ2) is 7.97. The van der Waals surface area contributed by atoms with Crippen LogP contribution in [0.25, 0.3) is 0 Å². The number of aromatic nitrogens is 1. The van der Waals surface area contributed by atoms with Crippen LogP contribution in [0, 0.1) is 11.3 Å². The molecule has 0 saturated heterocycles. The Hall–Kier alpha value is -2.92. The molecule has 1 unspecified atom stereocenters. The van der Waals surface area contributed by atoms with Gasteiger partial charge in [-0.2, -0.15) is 10.4 Å². The topological polar surface area (TPSA) is 105 Å². The third-order valence-corrected chi connectivity index (χ3v) is 4.65. The van der Waals surface area contributed by atoms with Crippen LogP contribution in [0.1, 0.15) is 31.4 Å². The van der Waals surface area contributed by atoms with Crippen molar-refractivity contribution in [2.24, 2.45) is 5.10 Å². The van der Waals surface area contributed by atoms with Crippen molar-refractivity contribution in [2.75, 3.05) is 18.9 Å². The lowest BCUT2D eigenvalue weighted by Crippen LogP contribution is -2.43. The summed E-state index contributed by atoms with van der Waals surface area (Å²) in [7, 11) is 2.00. The molecule has 136 valence electrons. The molecule has 2 N–H and O–H groups in total. The van der Waals surface area contributed by atoms with Crippen LogP contribution in [-0.4, -0.2) is 57.6 Å². The number of rotatable bonds is 4. The molecular weight excluding hydrogens is 332 g/mol. The van der Waals surface area contributed by atoms with Crippen LogP contribution in [0.5, 0.6) is 0 Å². The summed E-state index contributed by atoms with van der Waals surface area (Å²) in [5, 5.41) is 27.3. The molecule has 1 aromatic rings. The Morgan fingerprint density at radius 2 is 2.23 bits per heavy atom. The first-order valence-corrected chi connectivity index (χ1v) is 8.67. The zero-order chi connectivity index (χ0) is 18.5. The van der Waals surface area contributed by atoms with Crippen molar-refractivity contribution in [2.45, 2.75) is 38.0 Å². The number of anilines is 1. The summed E-state index contributed by atoms with van der Waals surface area (Å²) in [6.45, 7) is -0.0898. The van der Waals surface area contributed by atoms with E-state index in [2.05, 4.69) is 20.3 Å². The number of nitriles is 1. The third-order valence-electron chi connectivity index (χ3n) is 4.65. The average molecular weight is 354 g/mol. The van der Waals surface area contributed by atoms with Gasteiger partial charge in [0.1, 0.15) is 24.1 Å². The maximum absolute atomic E-state index is 12.2. The maximum Gasteiger partial charge on any atom is 0.245 e. The zero-order valence-electron chi connectivity index (χ0n) is 14.7. The van der Waals surface area contributed by atoms with Crippen molar-refractivity contribution in [3.63, 3.8) is 0 Å². The molecule has 8 nitrogen and oxygen atoms in total. The van der Waals surface area contributed by atoms with Crippen molar-refractivity contribution in [1.29, 1.82) is 5.26 Å². The van der Waals surface area contributed by atoms with Gasteiger partial charge < -0.3 is 15.3 Å². The Kier molecular flexibility index (Phi) is 5.49. The van der Waals surface area contributed by atoms with Gasteiger partial charge in [0.05, 0.1) is 11.9 Å². The molecule has 1 fully saturated rings. The Morgan fingerprint density at radius 3 is 2.88 bits per heavy atom. The van der Waals surface area contributed by atoms with Crippen LogP contribution < -0.4 is 5.32 Å². The SMILES string of the molecule is CN(C1=NN(CC(=O)Nc2ccc(C#N)nc2)C(O)C=C1)C1CCCC1. The molecule has 1 aliphatic carbocycles. The molecule has 0 radical (unpaired) electrons. The van der Waals surface area contributed by atoms with Gasteiger partial charge in [-0.3, -0.25) is 9.80 Å². The molecule has 1 aliphatic heterocycles. The number of carbonyl (C=O) groups is 1. The Balaban J connectivity index is 1.62. The van der Waals surface area contributed by atoms with Gasteiger partial charge in [0.15, 0.2) is 6.23 Å². The Morgan fingerprint density at radius 1 is 1.46 bits per heavy atom. The van der Waals surface area contributed by atoms with E-state index in [0.717, 1.165) is 18.7 Å². The van der Waals surface area contributed by atoms with Gasteiger partial charge in [-0.25, -0.2) is 4.98 Å². The molecule has 8 heteroatoms. The molecule has 0 bridgehead atoms. The highest BCUT2D eigenvalue weighted by atomic mass is 16.3. The van der Waals surface area contributed by atoms with Gasteiger partial charge in [0.25, 0.3) is 0 Å². The number of amides is 1. The fourth-order valence-corrected chi connectivity index (χ4v) is 3.17. The fourth-order valence-electron chi connectivity index (χ4n) is 3.17. The quantitative estimate of drug-likeness (QED) is 0.844. The largest absolute Gasteiger partial charge is 0.369 e. The van der Waals surface area contributed by atoms with E-state index in [1.807, 2.05) is 13.1 Å². The smallest absolute Gasteiger partial charge is 0.245 e. The lowest BCUT2D eigenvalue weighted by molar-refractivity contribution is -0.119. The summed E-state index contributed by atoms with van der Waals surface area (Å²) in [6.07, 6.45) is 8.62. The number of pyridine rings is 1. The lowest BCUT2D eigenvalue weighted by Gasteiger charge is -2.32. The van der Waals surface area contributed by atoms with E-state index in [-0.39, 0.29) is 18.1 Å². The highest BCUT2D eigenvalue weighted by Crippen LogP contribution is 2.23. The molecule has 1 saturated carbocycles. The van der Waals surface area contributed by atoms with Crippen LogP contribution in [0.3, 0.4) is 0 Å². The number of hydrazone groups is 1. The summed E-state index contributed by atoms with van der Waals surface area (Å²) >= 11 is 0. The maximum atomic E-state index is 12.2. The van der Waals surface area contributed by atoms with Crippen molar-refractivity contribution in [1.82, 2.24) is 14.9 Å². The number of nitrogens with zero attached hydrogens (tertiary/aromatic N) is 5. The Bertz CT molecular complexity index is 746. The first kappa shape index (κ1) is 17.9. The van der Waals surface area contributed by atoms with Crippen LogP contribution >= 0.6 is 0 Å². The van der Waals surface area contributed by atoms with Gasteiger partial charge in [0.2, 0.25) is 5.91 Å². The summed E-state index contributed by atoms with van der Waals surface area (Å²) < 4.78 is 0. The zero-order valence-corrected chi connectivity index (χ0v) is 14.7. The van der Waals surface area contributed by atoms with E-state index < -0.39 is 6.23 Å². The number of amidine groups is 1. The first-order chi connectivity index (χ1) is 12.6. The minimum absolute atomic E-state index is 0.0898. The van der Waals surface area contributed by atoms with Crippen molar-refractivity contribution in [3.05, 3.63) is 36.2 Å². The molecule has 1 atom stereocenters. The molecule has 2 heterocycles. The third kappa shape index (κ3) is 4.18. The van der Waals surface area contributed by atoms with Crippen molar-refractivity contribution < 1.29 is 9.90 Å². The molecule has 0 aromatic carbocycles. The lowest BCUT2D eigenvalue weighted by atomic mass is 10.2. The highest BCUT2D eigenvalue weighted by Gasteiger charge is 2.25. The molecule has 1 aromatic heterocycles. The number of hydrogen-bond donors (Lipinski definition) is 2. The van der Waals surface area contributed by atoms with Crippen molar-refractivity contribution in [3.8, 4) is 6.07 Å². The minimum Gasteiger partial charge on any atom is -0.369 e. The highest BCUT2D eigenvalue weighted by molar-refractivity contribution is 5.95. The van der Waals surface area contributed by atoms with E-state index in [1.165, 1.54) is 30.1 Å². The summed E-state index contributed by atoms with van der Waals surface area (Å²) in [4.78, 5) is 18.3. The van der Waals surface area contributed by atoms with Gasteiger partial charge in [-0.05, 0) is 37.1 Å². The number of carbonyl (C=O) groups excluding carboxylic acids is 1. The molecule has 3 rings (SSSR count). The van der Waals surface area contributed by atoms with Crippen LogP contribution in [0.15, 0.2) is 35.6 Å². The molecule has 0 spiro atoms. The van der Waals surface area contributed by atoms with Gasteiger partial charge in [0, 0.05) is 13.1 Å². The van der Waals surface area contributed by atoms with E-state index >= 15 is 0 Å². The number of likely N-dealkylation sites (N-methyl/N-ethyl adjacent to an activating group) is 1. The standard InChI is InChI=1S/C18H22N6O2/c1-23(15-4-2-3-5-15)16-8-9-18(26)24(22-16)12-17(25)21-14-7-6-13(10-19)20-11-14/h6-9,11,15,18,26H,2-5,12H2,1H3,(H,21,25). The van der Waals surface area contributed by atoms with E-state index in [0.29, 0.717) is 11.7 Å². The number of aliphatic hydroxyl groups is 1. The monoisotopic (exact) mass is 354 g/mol. The second-order valence-corrected chi connectivity index (χ2v) is 6.47. The van der Waals surface area contributed by atoms with Gasteiger partial charge in [-0.1, -0.05) is 12.8 Å². The Labute approximate surface area is 152 Å². The van der Waals surface area contributed by atoms with E-state index in [4.69, 9.17) is 5.26 Å². The van der Waals surface area contributed by atoms with E-state index in [9.17, 15) is 9.90 Å². The minimum atomic E-state index is -0.944. The predicted molar refractivity (Wildman–Crippen MR) is 96.9 cm³/mol. The fraction of sp³-hybridized carbons (Fsp3) is 0.444. The number of nitrogens with one attached hydrogen (secondary N) is 1. The van der Waals surface area contributed by atoms with Crippen LogP contribution in [0.2, 0.25) is 0 Å². The molecular formula is C18H22N6O2. The molecule has 1 amide bonds. The average Bonchev–Trinajstić information content (AvgIpc) is 3.18. The second-order valence-electron chi connectivity index (χ2n) is 6.47. The van der Waals surface area contributed by atoms with E-state index in [1.54, 1.807) is 18.2 Å². The predicted octanol–water partition coefficient (Wildman–Crippen LogP) is 1.27. The molecule has 2 aliphatic rings.